The van der Waals surface area contributed by atoms with Crippen LogP contribution in [-0.4, -0.2) is 31.2 Å². The van der Waals surface area contributed by atoms with Crippen LogP contribution >= 0.6 is 0 Å². The minimum absolute atomic E-state index is 0.159. The third kappa shape index (κ3) is 1.72. The van der Waals surface area contributed by atoms with Gasteiger partial charge in [-0.3, -0.25) is 4.79 Å². The lowest BCUT2D eigenvalue weighted by atomic mass is 9.80. The maximum Gasteiger partial charge on any atom is 0.144 e. The Balaban J connectivity index is 1.64. The lowest BCUT2D eigenvalue weighted by Gasteiger charge is -2.26. The highest BCUT2D eigenvalue weighted by molar-refractivity contribution is 5.84. The van der Waals surface area contributed by atoms with Gasteiger partial charge in [0.2, 0.25) is 0 Å². The number of carbonyl (C=O) groups excluding carboxylic acids is 1. The fraction of sp³-hybridized carbons (Fsp3) is 0.917. The summed E-state index contributed by atoms with van der Waals surface area (Å²) < 4.78 is 11.1. The van der Waals surface area contributed by atoms with Crippen LogP contribution in [0.25, 0.3) is 0 Å². The smallest absolute Gasteiger partial charge is 0.144 e. The maximum absolute atomic E-state index is 12.2. The first-order valence-corrected chi connectivity index (χ1v) is 6.11. The predicted molar refractivity (Wildman–Crippen MR) is 54.6 cm³/mol. The van der Waals surface area contributed by atoms with Crippen molar-refractivity contribution in [3.63, 3.8) is 0 Å². The summed E-state index contributed by atoms with van der Waals surface area (Å²) in [5.41, 5.74) is 0. The zero-order chi connectivity index (χ0) is 10.3. The fourth-order valence-electron chi connectivity index (χ4n) is 3.21. The van der Waals surface area contributed by atoms with Gasteiger partial charge in [-0.1, -0.05) is 0 Å². The average Bonchev–Trinajstić information content (AvgIpc) is 2.91. The zero-order valence-electron chi connectivity index (χ0n) is 8.98. The highest BCUT2D eigenvalue weighted by Gasteiger charge is 2.45. The Morgan fingerprint density at radius 1 is 1.20 bits per heavy atom. The van der Waals surface area contributed by atoms with Crippen molar-refractivity contribution in [3.05, 3.63) is 0 Å². The lowest BCUT2D eigenvalue weighted by molar-refractivity contribution is -0.132. The van der Waals surface area contributed by atoms with Crippen molar-refractivity contribution in [2.45, 2.75) is 44.3 Å². The number of hydrogen-bond donors (Lipinski definition) is 0. The van der Waals surface area contributed by atoms with E-state index < -0.39 is 0 Å². The molecule has 3 fully saturated rings. The van der Waals surface area contributed by atoms with E-state index in [1.807, 2.05) is 0 Å². The molecule has 0 aromatic carbocycles. The van der Waals surface area contributed by atoms with Crippen LogP contribution in [0, 0.1) is 11.8 Å². The van der Waals surface area contributed by atoms with Gasteiger partial charge in [0.1, 0.15) is 5.78 Å². The number of Topliss-reactive ketones (excluding diaryl/α,β-unsaturated/α-hetero) is 1. The van der Waals surface area contributed by atoms with Gasteiger partial charge in [0, 0.05) is 18.4 Å². The minimum Gasteiger partial charge on any atom is -0.381 e. The van der Waals surface area contributed by atoms with Crippen LogP contribution in [0.1, 0.15) is 32.1 Å². The Morgan fingerprint density at radius 2 is 2.13 bits per heavy atom. The zero-order valence-corrected chi connectivity index (χ0v) is 8.98. The molecule has 0 aliphatic carbocycles. The number of rotatable bonds is 2. The first-order valence-electron chi connectivity index (χ1n) is 6.11. The average molecular weight is 210 g/mol. The Morgan fingerprint density at radius 3 is 2.73 bits per heavy atom. The fourth-order valence-corrected chi connectivity index (χ4v) is 3.21. The molecule has 0 radical (unpaired) electrons. The number of ketones is 1. The van der Waals surface area contributed by atoms with Gasteiger partial charge in [-0.05, 0) is 32.1 Å². The van der Waals surface area contributed by atoms with E-state index >= 15 is 0 Å². The van der Waals surface area contributed by atoms with Crippen molar-refractivity contribution in [2.24, 2.45) is 11.8 Å². The van der Waals surface area contributed by atoms with Gasteiger partial charge in [0.05, 0.1) is 18.8 Å². The van der Waals surface area contributed by atoms with Gasteiger partial charge in [-0.2, -0.15) is 0 Å². The van der Waals surface area contributed by atoms with E-state index in [4.69, 9.17) is 9.47 Å². The number of carbonyl (C=O) groups is 1. The van der Waals surface area contributed by atoms with Crippen LogP contribution in [0.4, 0.5) is 0 Å². The highest BCUT2D eigenvalue weighted by Crippen LogP contribution is 2.40. The van der Waals surface area contributed by atoms with Gasteiger partial charge in [-0.25, -0.2) is 0 Å². The molecule has 0 spiro atoms. The third-order valence-electron chi connectivity index (χ3n) is 4.03. The van der Waals surface area contributed by atoms with Gasteiger partial charge >= 0.3 is 0 Å². The largest absolute Gasteiger partial charge is 0.381 e. The van der Waals surface area contributed by atoms with Crippen LogP contribution in [0.3, 0.4) is 0 Å². The summed E-state index contributed by atoms with van der Waals surface area (Å²) in [6.07, 6.45) is 5.91. The molecule has 0 amide bonds. The standard InChI is InChI=1S/C12H18O3/c13-12(8-2-1-5-14-7-8)10-6-9-3-4-11(10)15-9/h8-11H,1-7H2. The van der Waals surface area contributed by atoms with Crippen molar-refractivity contribution in [1.82, 2.24) is 0 Å². The Hall–Kier alpha value is -0.410. The Kier molecular flexibility index (Phi) is 2.53. The molecule has 0 saturated carbocycles. The van der Waals surface area contributed by atoms with Crippen molar-refractivity contribution < 1.29 is 14.3 Å². The molecule has 3 saturated heterocycles. The third-order valence-corrected chi connectivity index (χ3v) is 4.03. The van der Waals surface area contributed by atoms with Gasteiger partial charge in [-0.15, -0.1) is 0 Å². The first-order chi connectivity index (χ1) is 7.34. The molecule has 0 aromatic rings. The molecule has 3 heteroatoms. The van der Waals surface area contributed by atoms with Gasteiger partial charge in [0.25, 0.3) is 0 Å². The van der Waals surface area contributed by atoms with E-state index in [1.165, 1.54) is 0 Å². The summed E-state index contributed by atoms with van der Waals surface area (Å²) in [6, 6.07) is 0. The molecule has 3 aliphatic heterocycles. The van der Waals surface area contributed by atoms with Crippen molar-refractivity contribution >= 4 is 5.78 Å². The van der Waals surface area contributed by atoms with Gasteiger partial charge < -0.3 is 9.47 Å². The summed E-state index contributed by atoms with van der Waals surface area (Å²) >= 11 is 0. The molecule has 2 bridgehead atoms. The van der Waals surface area contributed by atoms with E-state index in [2.05, 4.69) is 0 Å². The van der Waals surface area contributed by atoms with E-state index in [0.29, 0.717) is 18.5 Å². The summed E-state index contributed by atoms with van der Waals surface area (Å²) in [5, 5.41) is 0. The minimum atomic E-state index is 0.159. The van der Waals surface area contributed by atoms with Crippen LogP contribution < -0.4 is 0 Å². The number of fused-ring (bicyclic) bond motifs is 2. The molecule has 0 N–H and O–H groups in total. The van der Waals surface area contributed by atoms with Crippen LogP contribution in [0.5, 0.6) is 0 Å². The molecule has 3 rings (SSSR count). The van der Waals surface area contributed by atoms with Crippen LogP contribution in [0.2, 0.25) is 0 Å². The van der Waals surface area contributed by atoms with E-state index in [-0.39, 0.29) is 17.9 Å². The molecular formula is C12H18O3. The quantitative estimate of drug-likeness (QED) is 0.693. The second-order valence-corrected chi connectivity index (χ2v) is 5.03. The number of hydrogen-bond acceptors (Lipinski definition) is 3. The summed E-state index contributed by atoms with van der Waals surface area (Å²) in [5.74, 6) is 0.768. The second-order valence-electron chi connectivity index (χ2n) is 5.03. The molecule has 4 atom stereocenters. The summed E-state index contributed by atoms with van der Waals surface area (Å²) in [7, 11) is 0. The maximum atomic E-state index is 12.2. The molecule has 4 unspecified atom stereocenters. The summed E-state index contributed by atoms with van der Waals surface area (Å²) in [4.78, 5) is 12.2. The van der Waals surface area contributed by atoms with Crippen molar-refractivity contribution in [2.75, 3.05) is 13.2 Å². The van der Waals surface area contributed by atoms with E-state index in [1.54, 1.807) is 0 Å². The van der Waals surface area contributed by atoms with Crippen molar-refractivity contribution in [3.8, 4) is 0 Å². The molecule has 3 aliphatic rings. The second kappa shape index (κ2) is 3.87. The van der Waals surface area contributed by atoms with Crippen molar-refractivity contribution in [1.29, 1.82) is 0 Å². The monoisotopic (exact) mass is 210 g/mol. The first kappa shape index (κ1) is 9.79. The molecule has 0 aromatic heterocycles. The van der Waals surface area contributed by atoms with E-state index in [0.717, 1.165) is 38.7 Å². The normalized spacial score (nSPS) is 44.5. The SMILES string of the molecule is O=C(C1CCCOC1)C1CC2CCC1O2. The molecule has 3 nitrogen and oxygen atoms in total. The van der Waals surface area contributed by atoms with Crippen LogP contribution in [0.15, 0.2) is 0 Å². The highest BCUT2D eigenvalue weighted by atomic mass is 16.5. The van der Waals surface area contributed by atoms with Crippen LogP contribution in [-0.2, 0) is 14.3 Å². The topological polar surface area (TPSA) is 35.5 Å². The molecule has 15 heavy (non-hydrogen) atoms. The van der Waals surface area contributed by atoms with E-state index in [9.17, 15) is 4.79 Å². The molecule has 84 valence electrons. The molecular weight excluding hydrogens is 192 g/mol. The Labute approximate surface area is 90.1 Å². The lowest BCUT2D eigenvalue weighted by Crippen LogP contribution is -2.34. The predicted octanol–water partition coefficient (Wildman–Crippen LogP) is 1.55. The number of ether oxygens (including phenoxy) is 2. The Bertz CT molecular complexity index is 258. The summed E-state index contributed by atoms with van der Waals surface area (Å²) in [6.45, 7) is 1.48. The van der Waals surface area contributed by atoms with Gasteiger partial charge in [0.15, 0.2) is 0 Å². The molecule has 3 heterocycles.